The van der Waals surface area contributed by atoms with Gasteiger partial charge in [-0.1, -0.05) is 61.9 Å². The van der Waals surface area contributed by atoms with E-state index in [0.717, 1.165) is 31.6 Å². The molecule has 0 aliphatic rings. The summed E-state index contributed by atoms with van der Waals surface area (Å²) in [4.78, 5) is 0. The van der Waals surface area contributed by atoms with E-state index < -0.39 is 0 Å². The fourth-order valence-electron chi connectivity index (χ4n) is 2.47. The lowest BCUT2D eigenvalue weighted by atomic mass is 9.92. The third-order valence-corrected chi connectivity index (χ3v) is 3.75. The number of unbranched alkanes of at least 4 members (excludes halogenated alkanes) is 1. The van der Waals surface area contributed by atoms with E-state index in [-0.39, 0.29) is 0 Å². The summed E-state index contributed by atoms with van der Waals surface area (Å²) in [5.41, 5.74) is 8.52. The molecule has 0 saturated heterocycles. The minimum atomic E-state index is 0.335. The highest BCUT2D eigenvalue weighted by Crippen LogP contribution is 2.26. The Bertz CT molecular complexity index is 524. The second kappa shape index (κ2) is 8.48. The van der Waals surface area contributed by atoms with Crippen LogP contribution >= 0.6 is 0 Å². The second-order valence-corrected chi connectivity index (χ2v) is 5.36. The van der Waals surface area contributed by atoms with Crippen LogP contribution in [0.4, 0.5) is 0 Å². The van der Waals surface area contributed by atoms with Gasteiger partial charge < -0.3 is 10.5 Å². The predicted molar refractivity (Wildman–Crippen MR) is 88.8 cm³/mol. The molecule has 2 aromatic rings. The van der Waals surface area contributed by atoms with Gasteiger partial charge in [0.05, 0.1) is 6.61 Å². The number of para-hydroxylation sites is 1. The van der Waals surface area contributed by atoms with Crippen molar-refractivity contribution < 1.29 is 4.74 Å². The Morgan fingerprint density at radius 3 is 2.43 bits per heavy atom. The van der Waals surface area contributed by atoms with Gasteiger partial charge in [0.1, 0.15) is 5.75 Å². The standard InChI is InChI=1S/C19H25NO/c1-2-3-13-21-19-12-8-7-11-17(19)14-18(15-20)16-9-5-4-6-10-16/h4-12,18H,2-3,13-15,20H2,1H3. The quantitative estimate of drug-likeness (QED) is 0.739. The molecule has 2 heteroatoms. The van der Waals surface area contributed by atoms with Crippen molar-refractivity contribution in [1.29, 1.82) is 0 Å². The average Bonchev–Trinajstić information content (AvgIpc) is 2.55. The Morgan fingerprint density at radius 1 is 1.00 bits per heavy atom. The molecule has 2 aromatic carbocycles. The van der Waals surface area contributed by atoms with Crippen molar-refractivity contribution in [2.24, 2.45) is 5.73 Å². The van der Waals surface area contributed by atoms with Crippen LogP contribution in [0.15, 0.2) is 54.6 Å². The molecule has 0 aliphatic carbocycles. The molecule has 0 aliphatic heterocycles. The first-order chi connectivity index (χ1) is 10.3. The van der Waals surface area contributed by atoms with Gasteiger partial charge in [0.25, 0.3) is 0 Å². The van der Waals surface area contributed by atoms with E-state index in [9.17, 15) is 0 Å². The van der Waals surface area contributed by atoms with Gasteiger partial charge in [0, 0.05) is 5.92 Å². The Kier molecular flexibility index (Phi) is 6.29. The molecule has 0 fully saturated rings. The number of ether oxygens (including phenoxy) is 1. The molecule has 1 unspecified atom stereocenters. The van der Waals surface area contributed by atoms with Gasteiger partial charge in [-0.2, -0.15) is 0 Å². The highest BCUT2D eigenvalue weighted by Gasteiger charge is 2.13. The lowest BCUT2D eigenvalue weighted by molar-refractivity contribution is 0.305. The van der Waals surface area contributed by atoms with Gasteiger partial charge in [-0.05, 0) is 36.6 Å². The summed E-state index contributed by atoms with van der Waals surface area (Å²) >= 11 is 0. The van der Waals surface area contributed by atoms with Crippen LogP contribution < -0.4 is 10.5 Å². The van der Waals surface area contributed by atoms with Crippen molar-refractivity contribution in [1.82, 2.24) is 0 Å². The summed E-state index contributed by atoms with van der Waals surface area (Å²) in [6.07, 6.45) is 3.16. The molecule has 2 N–H and O–H groups in total. The van der Waals surface area contributed by atoms with Crippen LogP contribution in [0, 0.1) is 0 Å². The summed E-state index contributed by atoms with van der Waals surface area (Å²) < 4.78 is 5.92. The van der Waals surface area contributed by atoms with Crippen LogP contribution in [0.3, 0.4) is 0 Å². The molecular formula is C19H25NO. The third kappa shape index (κ3) is 4.61. The molecule has 1 atom stereocenters. The van der Waals surface area contributed by atoms with Crippen LogP contribution in [0.5, 0.6) is 5.75 Å². The zero-order valence-corrected chi connectivity index (χ0v) is 12.8. The molecule has 2 rings (SSSR count). The maximum atomic E-state index is 5.98. The van der Waals surface area contributed by atoms with E-state index in [1.54, 1.807) is 0 Å². The van der Waals surface area contributed by atoms with E-state index >= 15 is 0 Å². The molecule has 21 heavy (non-hydrogen) atoms. The summed E-state index contributed by atoms with van der Waals surface area (Å²) in [5, 5.41) is 0. The van der Waals surface area contributed by atoms with Crippen molar-refractivity contribution >= 4 is 0 Å². The molecule has 2 nitrogen and oxygen atoms in total. The predicted octanol–water partition coefficient (Wildman–Crippen LogP) is 4.15. The van der Waals surface area contributed by atoms with Crippen LogP contribution in [0.1, 0.15) is 36.8 Å². The number of nitrogens with two attached hydrogens (primary N) is 1. The van der Waals surface area contributed by atoms with Gasteiger partial charge in [-0.3, -0.25) is 0 Å². The zero-order chi connectivity index (χ0) is 14.9. The molecule has 0 aromatic heterocycles. The fraction of sp³-hybridized carbons (Fsp3) is 0.368. The van der Waals surface area contributed by atoms with Crippen LogP contribution in [0.25, 0.3) is 0 Å². The first-order valence-electron chi connectivity index (χ1n) is 7.80. The summed E-state index contributed by atoms with van der Waals surface area (Å²) in [7, 11) is 0. The van der Waals surface area contributed by atoms with Crippen LogP contribution in [0.2, 0.25) is 0 Å². The van der Waals surface area contributed by atoms with Crippen molar-refractivity contribution in [3.8, 4) is 5.75 Å². The SMILES string of the molecule is CCCCOc1ccccc1CC(CN)c1ccccc1. The number of benzene rings is 2. The molecule has 0 saturated carbocycles. The number of hydrogen-bond donors (Lipinski definition) is 1. The minimum Gasteiger partial charge on any atom is -0.493 e. The Labute approximate surface area is 127 Å². The topological polar surface area (TPSA) is 35.2 Å². The molecule has 0 heterocycles. The lowest BCUT2D eigenvalue weighted by Gasteiger charge is -2.18. The van der Waals surface area contributed by atoms with Gasteiger partial charge in [0.15, 0.2) is 0 Å². The van der Waals surface area contributed by atoms with Gasteiger partial charge in [-0.25, -0.2) is 0 Å². The highest BCUT2D eigenvalue weighted by molar-refractivity contribution is 5.35. The second-order valence-electron chi connectivity index (χ2n) is 5.36. The molecule has 0 radical (unpaired) electrons. The Morgan fingerprint density at radius 2 is 1.71 bits per heavy atom. The average molecular weight is 283 g/mol. The minimum absolute atomic E-state index is 0.335. The molecule has 0 spiro atoms. The monoisotopic (exact) mass is 283 g/mol. The van der Waals surface area contributed by atoms with E-state index in [1.165, 1.54) is 11.1 Å². The van der Waals surface area contributed by atoms with Crippen molar-refractivity contribution in [2.45, 2.75) is 32.1 Å². The van der Waals surface area contributed by atoms with Crippen molar-refractivity contribution in [3.05, 3.63) is 65.7 Å². The summed E-state index contributed by atoms with van der Waals surface area (Å²) in [6.45, 7) is 3.61. The molecule has 0 bridgehead atoms. The van der Waals surface area contributed by atoms with Crippen molar-refractivity contribution in [2.75, 3.05) is 13.2 Å². The normalized spacial score (nSPS) is 12.1. The zero-order valence-electron chi connectivity index (χ0n) is 12.8. The van der Waals surface area contributed by atoms with Crippen LogP contribution in [-0.4, -0.2) is 13.2 Å². The smallest absolute Gasteiger partial charge is 0.122 e. The summed E-state index contributed by atoms with van der Waals surface area (Å²) in [5.74, 6) is 1.34. The fourth-order valence-corrected chi connectivity index (χ4v) is 2.47. The molecular weight excluding hydrogens is 258 g/mol. The van der Waals surface area contributed by atoms with E-state index in [4.69, 9.17) is 10.5 Å². The van der Waals surface area contributed by atoms with E-state index in [2.05, 4.69) is 49.4 Å². The summed E-state index contributed by atoms with van der Waals surface area (Å²) in [6, 6.07) is 18.8. The lowest BCUT2D eigenvalue weighted by Crippen LogP contribution is -2.15. The van der Waals surface area contributed by atoms with Gasteiger partial charge in [-0.15, -0.1) is 0 Å². The number of hydrogen-bond acceptors (Lipinski definition) is 2. The first kappa shape index (κ1) is 15.6. The van der Waals surface area contributed by atoms with Gasteiger partial charge in [0.2, 0.25) is 0 Å². The van der Waals surface area contributed by atoms with E-state index in [1.807, 2.05) is 12.1 Å². The Balaban J connectivity index is 2.10. The maximum Gasteiger partial charge on any atom is 0.122 e. The molecule has 112 valence electrons. The maximum absolute atomic E-state index is 5.98. The first-order valence-corrected chi connectivity index (χ1v) is 7.80. The third-order valence-electron chi connectivity index (χ3n) is 3.75. The largest absolute Gasteiger partial charge is 0.493 e. The highest BCUT2D eigenvalue weighted by atomic mass is 16.5. The van der Waals surface area contributed by atoms with Crippen LogP contribution in [-0.2, 0) is 6.42 Å². The molecule has 0 amide bonds. The van der Waals surface area contributed by atoms with E-state index in [0.29, 0.717) is 12.5 Å². The van der Waals surface area contributed by atoms with Crippen molar-refractivity contribution in [3.63, 3.8) is 0 Å². The van der Waals surface area contributed by atoms with Gasteiger partial charge >= 0.3 is 0 Å². The number of rotatable bonds is 8. The Hall–Kier alpha value is -1.80.